The van der Waals surface area contributed by atoms with Gasteiger partial charge in [0.05, 0.1) is 16.7 Å². The van der Waals surface area contributed by atoms with Gasteiger partial charge in [0, 0.05) is 10.5 Å². The smallest absolute Gasteiger partial charge is 0.323 e. The van der Waals surface area contributed by atoms with Crippen molar-refractivity contribution in [2.45, 2.75) is 45.6 Å². The number of hydrogen-bond donors (Lipinski definition) is 3. The molecular weight excluding hydrogens is 330 g/mol. The largest absolute Gasteiger partial charge is 0.381 e. The highest BCUT2D eigenvalue weighted by Gasteiger charge is 2.27. The van der Waals surface area contributed by atoms with Crippen molar-refractivity contribution in [1.82, 2.24) is 9.97 Å². The minimum atomic E-state index is -0.160. The first-order valence-corrected chi connectivity index (χ1v) is 8.52. The average molecular weight is 352 g/mol. The number of halogens is 1. The number of nitrogens with one attached hydrogen (secondary N) is 3. The molecule has 21 heavy (non-hydrogen) atoms. The molecule has 1 aliphatic carbocycles. The van der Waals surface area contributed by atoms with Crippen LogP contribution in [0.15, 0.2) is 21.4 Å². The van der Waals surface area contributed by atoms with Crippen molar-refractivity contribution in [3.05, 3.63) is 27.1 Å². The first kappa shape index (κ1) is 14.7. The van der Waals surface area contributed by atoms with Gasteiger partial charge in [-0.25, -0.2) is 4.79 Å². The molecular formula is C16H22BrN3O. The Kier molecular flexibility index (Phi) is 4.11. The molecule has 1 saturated carbocycles. The molecule has 1 aliphatic rings. The molecule has 0 bridgehead atoms. The molecule has 2 atom stereocenters. The average Bonchev–Trinajstić information content (AvgIpc) is 2.78. The Hall–Kier alpha value is -1.23. The summed E-state index contributed by atoms with van der Waals surface area (Å²) >= 11 is 3.61. The lowest BCUT2D eigenvalue weighted by Crippen LogP contribution is -2.35. The second-order valence-corrected chi connectivity index (χ2v) is 7.25. The molecule has 5 heteroatoms. The molecule has 0 radical (unpaired) electrons. The number of aromatic nitrogens is 2. The van der Waals surface area contributed by atoms with Crippen LogP contribution < -0.4 is 11.0 Å². The Morgan fingerprint density at radius 3 is 2.57 bits per heavy atom. The number of H-pyrrole nitrogens is 2. The van der Waals surface area contributed by atoms with Gasteiger partial charge in [-0.1, -0.05) is 26.7 Å². The summed E-state index contributed by atoms with van der Waals surface area (Å²) in [5.41, 5.74) is 2.59. The minimum absolute atomic E-state index is 0.160. The van der Waals surface area contributed by atoms with Crippen LogP contribution in [-0.2, 0) is 0 Å². The molecule has 1 aromatic carbocycles. The highest BCUT2D eigenvalue weighted by molar-refractivity contribution is 9.10. The number of anilines is 1. The Morgan fingerprint density at radius 2 is 1.86 bits per heavy atom. The summed E-state index contributed by atoms with van der Waals surface area (Å²) in [5, 5.41) is 3.70. The van der Waals surface area contributed by atoms with Gasteiger partial charge in [0.1, 0.15) is 0 Å². The number of imidazole rings is 1. The van der Waals surface area contributed by atoms with Gasteiger partial charge in [0.2, 0.25) is 0 Å². The molecule has 2 aromatic rings. The van der Waals surface area contributed by atoms with Crippen molar-refractivity contribution in [1.29, 1.82) is 0 Å². The Balaban J connectivity index is 1.89. The number of aromatic amines is 2. The fourth-order valence-corrected chi connectivity index (χ4v) is 3.96. The first-order chi connectivity index (χ1) is 10.0. The Morgan fingerprint density at radius 1 is 1.19 bits per heavy atom. The predicted molar refractivity (Wildman–Crippen MR) is 90.8 cm³/mol. The lowest BCUT2D eigenvalue weighted by atomic mass is 9.78. The topological polar surface area (TPSA) is 60.7 Å². The van der Waals surface area contributed by atoms with Crippen molar-refractivity contribution in [3.63, 3.8) is 0 Å². The van der Waals surface area contributed by atoms with E-state index in [1.54, 1.807) is 0 Å². The molecule has 3 rings (SSSR count). The van der Waals surface area contributed by atoms with Crippen LogP contribution in [0, 0.1) is 11.8 Å². The van der Waals surface area contributed by atoms with Crippen LogP contribution in [-0.4, -0.2) is 16.0 Å². The summed E-state index contributed by atoms with van der Waals surface area (Å²) in [6.45, 7) is 4.62. The molecule has 2 unspecified atom stereocenters. The third kappa shape index (κ3) is 3.03. The highest BCUT2D eigenvalue weighted by Crippen LogP contribution is 2.34. The molecule has 0 spiro atoms. The molecule has 1 aromatic heterocycles. The van der Waals surface area contributed by atoms with Gasteiger partial charge in [-0.05, 0) is 52.7 Å². The standard InChI is InChI=1S/C16H22BrN3O/c1-9(2)10-5-3-4-6-12(10)18-13-8-15-14(7-11(13)17)19-16(21)20-15/h7-10,12,18H,3-6H2,1-2H3,(H2,19,20,21). The van der Waals surface area contributed by atoms with Crippen LogP contribution in [0.1, 0.15) is 39.5 Å². The van der Waals surface area contributed by atoms with Crippen molar-refractivity contribution < 1.29 is 0 Å². The third-order valence-corrected chi connectivity index (χ3v) is 5.28. The molecule has 114 valence electrons. The van der Waals surface area contributed by atoms with Crippen molar-refractivity contribution in [2.75, 3.05) is 5.32 Å². The normalized spacial score (nSPS) is 22.9. The Bertz CT molecular complexity index is 688. The summed E-state index contributed by atoms with van der Waals surface area (Å²) in [6, 6.07) is 4.49. The minimum Gasteiger partial charge on any atom is -0.381 e. The van der Waals surface area contributed by atoms with Gasteiger partial charge in [-0.3, -0.25) is 0 Å². The van der Waals surface area contributed by atoms with Crippen LogP contribution in [0.3, 0.4) is 0 Å². The fourth-order valence-electron chi connectivity index (χ4n) is 3.50. The second-order valence-electron chi connectivity index (χ2n) is 6.40. The fraction of sp³-hybridized carbons (Fsp3) is 0.562. The van der Waals surface area contributed by atoms with E-state index >= 15 is 0 Å². The quantitative estimate of drug-likeness (QED) is 0.774. The van der Waals surface area contributed by atoms with E-state index in [1.807, 2.05) is 12.1 Å². The number of hydrogen-bond acceptors (Lipinski definition) is 2. The van der Waals surface area contributed by atoms with Gasteiger partial charge in [0.15, 0.2) is 0 Å². The summed E-state index contributed by atoms with van der Waals surface area (Å²) in [6.07, 6.45) is 5.15. The molecule has 0 aliphatic heterocycles. The summed E-state index contributed by atoms with van der Waals surface area (Å²) in [7, 11) is 0. The van der Waals surface area contributed by atoms with Crippen LogP contribution in [0.5, 0.6) is 0 Å². The summed E-state index contributed by atoms with van der Waals surface area (Å²) in [5.74, 6) is 1.41. The van der Waals surface area contributed by atoms with E-state index in [0.717, 1.165) is 21.2 Å². The van der Waals surface area contributed by atoms with Crippen molar-refractivity contribution in [2.24, 2.45) is 11.8 Å². The SMILES string of the molecule is CC(C)C1CCCCC1Nc1cc2[nH]c(=O)[nH]c2cc1Br. The third-order valence-electron chi connectivity index (χ3n) is 4.62. The van der Waals surface area contributed by atoms with E-state index in [-0.39, 0.29) is 5.69 Å². The molecule has 1 heterocycles. The maximum absolute atomic E-state index is 11.4. The molecule has 0 amide bonds. The van der Waals surface area contributed by atoms with E-state index in [0.29, 0.717) is 17.9 Å². The number of fused-ring (bicyclic) bond motifs is 1. The van der Waals surface area contributed by atoms with E-state index in [4.69, 9.17) is 0 Å². The molecule has 3 N–H and O–H groups in total. The van der Waals surface area contributed by atoms with E-state index in [2.05, 4.69) is 45.1 Å². The zero-order valence-electron chi connectivity index (χ0n) is 12.5. The van der Waals surface area contributed by atoms with E-state index in [9.17, 15) is 4.79 Å². The highest BCUT2D eigenvalue weighted by atomic mass is 79.9. The zero-order chi connectivity index (χ0) is 15.0. The van der Waals surface area contributed by atoms with E-state index in [1.165, 1.54) is 25.7 Å². The first-order valence-electron chi connectivity index (χ1n) is 7.72. The lowest BCUT2D eigenvalue weighted by Gasteiger charge is -2.35. The van der Waals surface area contributed by atoms with Gasteiger partial charge in [-0.2, -0.15) is 0 Å². The molecule has 0 saturated heterocycles. The van der Waals surface area contributed by atoms with Crippen LogP contribution >= 0.6 is 15.9 Å². The van der Waals surface area contributed by atoms with E-state index < -0.39 is 0 Å². The summed E-state index contributed by atoms with van der Waals surface area (Å²) < 4.78 is 0.998. The predicted octanol–water partition coefficient (Wildman–Crippen LogP) is 4.25. The van der Waals surface area contributed by atoms with Crippen molar-refractivity contribution in [3.8, 4) is 0 Å². The zero-order valence-corrected chi connectivity index (χ0v) is 14.1. The van der Waals surface area contributed by atoms with Gasteiger partial charge in [0.25, 0.3) is 0 Å². The van der Waals surface area contributed by atoms with Crippen LogP contribution in [0.2, 0.25) is 0 Å². The number of rotatable bonds is 3. The monoisotopic (exact) mass is 351 g/mol. The van der Waals surface area contributed by atoms with Crippen molar-refractivity contribution >= 4 is 32.7 Å². The Labute approximate surface area is 132 Å². The van der Waals surface area contributed by atoms with Crippen LogP contribution in [0.4, 0.5) is 5.69 Å². The lowest BCUT2D eigenvalue weighted by molar-refractivity contribution is 0.254. The van der Waals surface area contributed by atoms with Gasteiger partial charge >= 0.3 is 5.69 Å². The maximum Gasteiger partial charge on any atom is 0.323 e. The maximum atomic E-state index is 11.4. The molecule has 1 fully saturated rings. The number of benzene rings is 1. The van der Waals surface area contributed by atoms with Gasteiger partial charge < -0.3 is 15.3 Å². The second kappa shape index (κ2) is 5.87. The molecule has 4 nitrogen and oxygen atoms in total. The summed E-state index contributed by atoms with van der Waals surface area (Å²) in [4.78, 5) is 17.0. The van der Waals surface area contributed by atoms with Gasteiger partial charge in [-0.15, -0.1) is 0 Å². The van der Waals surface area contributed by atoms with Crippen LogP contribution in [0.25, 0.3) is 11.0 Å².